The second kappa shape index (κ2) is 4.59. The predicted molar refractivity (Wildman–Crippen MR) is 53.7 cm³/mol. The Morgan fingerprint density at radius 3 is 1.79 bits per heavy atom. The highest BCUT2D eigenvalue weighted by molar-refractivity contribution is 5.39. The first-order valence-corrected chi connectivity index (χ1v) is 4.96. The van der Waals surface area contributed by atoms with Gasteiger partial charge in [-0.1, -0.05) is 6.07 Å². The Hall–Kier alpha value is -1.44. The van der Waals surface area contributed by atoms with Crippen LogP contribution in [0.1, 0.15) is 11.1 Å². The minimum atomic E-state index is -5.88. The van der Waals surface area contributed by atoms with Gasteiger partial charge in [0.25, 0.3) is 5.60 Å². The van der Waals surface area contributed by atoms with Crippen molar-refractivity contribution in [3.8, 4) is 5.75 Å². The third-order valence-corrected chi connectivity index (χ3v) is 2.63. The molecule has 0 heterocycles. The van der Waals surface area contributed by atoms with Gasteiger partial charge in [0.2, 0.25) is 0 Å². The summed E-state index contributed by atoms with van der Waals surface area (Å²) in [6, 6.07) is 2.07. The van der Waals surface area contributed by atoms with Crippen molar-refractivity contribution in [2.75, 3.05) is 7.11 Å². The van der Waals surface area contributed by atoms with Crippen LogP contribution >= 0.6 is 0 Å². The van der Waals surface area contributed by atoms with Crippen molar-refractivity contribution in [1.29, 1.82) is 0 Å². The minimum Gasteiger partial charge on any atom is -0.496 e. The molecule has 1 N–H and O–H groups in total. The smallest absolute Gasteiger partial charge is 0.430 e. The Balaban J connectivity index is 3.48. The van der Waals surface area contributed by atoms with Crippen molar-refractivity contribution in [1.82, 2.24) is 0 Å². The fraction of sp³-hybridized carbons (Fsp3) is 0.455. The van der Waals surface area contributed by atoms with Crippen molar-refractivity contribution < 1.29 is 36.2 Å². The average Bonchev–Trinajstić information content (AvgIpc) is 2.24. The van der Waals surface area contributed by atoms with E-state index in [1.54, 1.807) is 0 Å². The molecule has 0 radical (unpaired) electrons. The van der Waals surface area contributed by atoms with Gasteiger partial charge in [-0.25, -0.2) is 0 Å². The Morgan fingerprint density at radius 1 is 1.00 bits per heavy atom. The van der Waals surface area contributed by atoms with Crippen molar-refractivity contribution in [2.24, 2.45) is 0 Å². The summed E-state index contributed by atoms with van der Waals surface area (Å²) in [6.45, 7) is 1.27. The molecule has 0 saturated heterocycles. The van der Waals surface area contributed by atoms with Gasteiger partial charge in [0.15, 0.2) is 0 Å². The lowest BCUT2D eigenvalue weighted by atomic mass is 9.91. The minimum absolute atomic E-state index is 0.0481. The number of halogens is 6. The largest absolute Gasteiger partial charge is 0.496 e. The molecule has 1 rings (SSSR count). The summed E-state index contributed by atoms with van der Waals surface area (Å²) in [7, 11) is 1.22. The van der Waals surface area contributed by atoms with E-state index in [2.05, 4.69) is 0 Å². The van der Waals surface area contributed by atoms with Gasteiger partial charge in [-0.15, -0.1) is 0 Å². The van der Waals surface area contributed by atoms with Gasteiger partial charge in [-0.05, 0) is 24.6 Å². The van der Waals surface area contributed by atoms with Crippen LogP contribution in [-0.4, -0.2) is 24.6 Å². The highest BCUT2D eigenvalue weighted by Gasteiger charge is 2.71. The molecule has 108 valence electrons. The van der Waals surface area contributed by atoms with E-state index < -0.39 is 23.5 Å². The fourth-order valence-electron chi connectivity index (χ4n) is 1.59. The van der Waals surface area contributed by atoms with Gasteiger partial charge in [0.1, 0.15) is 5.75 Å². The first kappa shape index (κ1) is 15.6. The van der Waals surface area contributed by atoms with Crippen LogP contribution in [0.4, 0.5) is 26.3 Å². The van der Waals surface area contributed by atoms with E-state index in [0.717, 1.165) is 6.07 Å². The van der Waals surface area contributed by atoms with E-state index in [9.17, 15) is 26.3 Å². The van der Waals surface area contributed by atoms with E-state index in [-0.39, 0.29) is 11.3 Å². The number of methoxy groups -OCH3 is 1. The first-order valence-electron chi connectivity index (χ1n) is 4.96. The molecule has 0 saturated carbocycles. The zero-order chi connectivity index (χ0) is 15.1. The topological polar surface area (TPSA) is 29.5 Å². The Morgan fingerprint density at radius 2 is 1.47 bits per heavy atom. The molecule has 2 nitrogen and oxygen atoms in total. The van der Waals surface area contributed by atoms with Crippen LogP contribution in [0, 0.1) is 6.92 Å². The molecule has 0 aliphatic carbocycles. The summed E-state index contributed by atoms with van der Waals surface area (Å²) < 4.78 is 80.3. The molecule has 0 atom stereocenters. The summed E-state index contributed by atoms with van der Waals surface area (Å²) in [6.07, 6.45) is -11.8. The SMILES string of the molecule is COc1ccc(C(O)(C(F)(F)F)C(F)(F)F)cc1C. The second-order valence-electron chi connectivity index (χ2n) is 3.89. The highest BCUT2D eigenvalue weighted by atomic mass is 19.4. The third kappa shape index (κ3) is 2.49. The van der Waals surface area contributed by atoms with Crippen LogP contribution < -0.4 is 4.74 Å². The molecule has 1 aromatic rings. The van der Waals surface area contributed by atoms with Crippen LogP contribution in [0.15, 0.2) is 18.2 Å². The van der Waals surface area contributed by atoms with Crippen LogP contribution in [0.2, 0.25) is 0 Å². The van der Waals surface area contributed by atoms with Crippen molar-refractivity contribution in [3.05, 3.63) is 29.3 Å². The molecule has 0 fully saturated rings. The maximum atomic E-state index is 12.6. The van der Waals surface area contributed by atoms with Gasteiger partial charge in [0.05, 0.1) is 7.11 Å². The second-order valence-corrected chi connectivity index (χ2v) is 3.89. The molecule has 0 bridgehead atoms. The van der Waals surface area contributed by atoms with E-state index in [1.807, 2.05) is 0 Å². The third-order valence-electron chi connectivity index (χ3n) is 2.63. The molecule has 1 aromatic carbocycles. The lowest BCUT2D eigenvalue weighted by Gasteiger charge is -2.32. The Bertz CT molecular complexity index is 449. The van der Waals surface area contributed by atoms with Gasteiger partial charge >= 0.3 is 12.4 Å². The Labute approximate surface area is 104 Å². The van der Waals surface area contributed by atoms with E-state index in [4.69, 9.17) is 9.84 Å². The maximum Gasteiger partial charge on any atom is 0.430 e. The molecular formula is C11H10F6O2. The lowest BCUT2D eigenvalue weighted by molar-refractivity contribution is -0.376. The summed E-state index contributed by atoms with van der Waals surface area (Å²) in [4.78, 5) is 0. The van der Waals surface area contributed by atoms with Gasteiger partial charge in [0, 0.05) is 5.56 Å². The van der Waals surface area contributed by atoms with Crippen LogP contribution in [0.5, 0.6) is 5.75 Å². The zero-order valence-corrected chi connectivity index (χ0v) is 9.86. The molecule has 0 aliphatic rings. The monoisotopic (exact) mass is 288 g/mol. The van der Waals surface area contributed by atoms with E-state index in [0.29, 0.717) is 12.1 Å². The lowest BCUT2D eigenvalue weighted by Crippen LogP contribution is -2.53. The highest BCUT2D eigenvalue weighted by Crippen LogP contribution is 2.50. The first-order chi connectivity index (χ1) is 8.45. The number of rotatable bonds is 2. The molecule has 0 unspecified atom stereocenters. The number of hydrogen-bond acceptors (Lipinski definition) is 2. The standard InChI is InChI=1S/C11H10F6O2/c1-6-5-7(3-4-8(6)19-2)9(18,10(12,13)14)11(15,16)17/h3-5,18H,1-2H3. The van der Waals surface area contributed by atoms with Crippen molar-refractivity contribution in [2.45, 2.75) is 24.9 Å². The number of aryl methyl sites for hydroxylation is 1. The molecular weight excluding hydrogens is 278 g/mol. The molecule has 19 heavy (non-hydrogen) atoms. The summed E-state index contributed by atoms with van der Waals surface area (Å²) >= 11 is 0. The number of hydrogen-bond donors (Lipinski definition) is 1. The van der Waals surface area contributed by atoms with Crippen LogP contribution in [0.25, 0.3) is 0 Å². The number of alkyl halides is 6. The Kier molecular flexibility index (Phi) is 3.77. The van der Waals surface area contributed by atoms with Crippen LogP contribution in [-0.2, 0) is 5.60 Å². The molecule has 0 spiro atoms. The predicted octanol–water partition coefficient (Wildman–Crippen LogP) is 3.32. The van der Waals surface area contributed by atoms with E-state index in [1.165, 1.54) is 14.0 Å². The fourth-order valence-corrected chi connectivity index (χ4v) is 1.59. The van der Waals surface area contributed by atoms with Gasteiger partial charge in [-0.3, -0.25) is 0 Å². The molecule has 8 heteroatoms. The van der Waals surface area contributed by atoms with Crippen molar-refractivity contribution >= 4 is 0 Å². The number of benzene rings is 1. The van der Waals surface area contributed by atoms with Gasteiger partial charge < -0.3 is 9.84 Å². The van der Waals surface area contributed by atoms with Crippen LogP contribution in [0.3, 0.4) is 0 Å². The number of aliphatic hydroxyl groups is 1. The van der Waals surface area contributed by atoms with Crippen molar-refractivity contribution in [3.63, 3.8) is 0 Å². The maximum absolute atomic E-state index is 12.6. The molecule has 0 aromatic heterocycles. The summed E-state index contributed by atoms with van der Waals surface area (Å²) in [5.41, 5.74) is -6.16. The van der Waals surface area contributed by atoms with E-state index >= 15 is 0 Å². The summed E-state index contributed by atoms with van der Waals surface area (Å²) in [5, 5.41) is 9.15. The quantitative estimate of drug-likeness (QED) is 0.846. The average molecular weight is 288 g/mol. The van der Waals surface area contributed by atoms with Gasteiger partial charge in [-0.2, -0.15) is 26.3 Å². The molecule has 0 aliphatic heterocycles. The molecule has 0 amide bonds. The number of ether oxygens (including phenoxy) is 1. The summed E-state index contributed by atoms with van der Waals surface area (Å²) in [5.74, 6) is 0.121. The zero-order valence-electron chi connectivity index (χ0n) is 9.86. The normalized spacial score (nSPS) is 13.5.